The van der Waals surface area contributed by atoms with Gasteiger partial charge in [-0.05, 0) is 44.4 Å². The van der Waals surface area contributed by atoms with E-state index in [4.69, 9.17) is 21.4 Å². The number of hydrogen-bond donors (Lipinski definition) is 1. The maximum atomic E-state index is 11.5. The number of halogens is 1. The molecule has 0 aliphatic rings. The number of benzene rings is 1. The fourth-order valence-electron chi connectivity index (χ4n) is 1.74. The molecule has 0 aromatic heterocycles. The third-order valence-corrected chi connectivity index (χ3v) is 2.98. The smallest absolute Gasteiger partial charge is 0.133 e. The third kappa shape index (κ3) is 7.85. The maximum absolute atomic E-state index is 11.5. The molecule has 3 nitrogen and oxygen atoms in total. The molecule has 19 heavy (non-hydrogen) atoms. The van der Waals surface area contributed by atoms with Gasteiger partial charge in [0.2, 0.25) is 0 Å². The molecule has 0 unspecified atom stereocenters. The first-order valence-corrected chi connectivity index (χ1v) is 7.04. The van der Waals surface area contributed by atoms with Gasteiger partial charge in [-0.2, -0.15) is 0 Å². The molecule has 0 heterocycles. The SMILES string of the molecule is C[C@@H](O)CCCC(=O)CCCOc1cccc(Cl)c1. The van der Waals surface area contributed by atoms with Crippen molar-refractivity contribution >= 4 is 17.4 Å². The molecule has 1 rings (SSSR count). The monoisotopic (exact) mass is 284 g/mol. The molecule has 1 N–H and O–H groups in total. The second kappa shape index (κ2) is 8.94. The third-order valence-electron chi connectivity index (χ3n) is 2.74. The van der Waals surface area contributed by atoms with Crippen LogP contribution >= 0.6 is 11.6 Å². The molecule has 0 aliphatic heterocycles. The molecule has 1 atom stereocenters. The maximum Gasteiger partial charge on any atom is 0.133 e. The minimum Gasteiger partial charge on any atom is -0.494 e. The van der Waals surface area contributed by atoms with Crippen molar-refractivity contribution in [1.29, 1.82) is 0 Å². The highest BCUT2D eigenvalue weighted by atomic mass is 35.5. The number of hydrogen-bond acceptors (Lipinski definition) is 3. The largest absolute Gasteiger partial charge is 0.494 e. The second-order valence-electron chi connectivity index (χ2n) is 4.69. The fraction of sp³-hybridized carbons (Fsp3) is 0.533. The predicted molar refractivity (Wildman–Crippen MR) is 76.7 cm³/mol. The number of ether oxygens (including phenoxy) is 1. The molecule has 4 heteroatoms. The minimum absolute atomic E-state index is 0.232. The Balaban J connectivity index is 2.08. The molecule has 0 fully saturated rings. The molecule has 0 amide bonds. The lowest BCUT2D eigenvalue weighted by Crippen LogP contribution is -2.05. The summed E-state index contributed by atoms with van der Waals surface area (Å²) in [6.07, 6.45) is 2.90. The van der Waals surface area contributed by atoms with E-state index in [0.717, 1.165) is 12.2 Å². The van der Waals surface area contributed by atoms with Gasteiger partial charge in [0.1, 0.15) is 11.5 Å². The van der Waals surface area contributed by atoms with Crippen molar-refractivity contribution < 1.29 is 14.6 Å². The van der Waals surface area contributed by atoms with Gasteiger partial charge in [0.25, 0.3) is 0 Å². The van der Waals surface area contributed by atoms with Gasteiger partial charge < -0.3 is 9.84 Å². The van der Waals surface area contributed by atoms with E-state index in [-0.39, 0.29) is 11.9 Å². The van der Waals surface area contributed by atoms with Gasteiger partial charge in [-0.15, -0.1) is 0 Å². The number of aliphatic hydroxyl groups excluding tert-OH is 1. The number of aliphatic hydroxyl groups is 1. The summed E-state index contributed by atoms with van der Waals surface area (Å²) in [7, 11) is 0. The van der Waals surface area contributed by atoms with E-state index >= 15 is 0 Å². The van der Waals surface area contributed by atoms with Crippen molar-refractivity contribution in [3.05, 3.63) is 29.3 Å². The van der Waals surface area contributed by atoms with Gasteiger partial charge in [-0.1, -0.05) is 17.7 Å². The molecule has 1 aromatic rings. The van der Waals surface area contributed by atoms with Crippen molar-refractivity contribution in [3.63, 3.8) is 0 Å². The van der Waals surface area contributed by atoms with Crippen LogP contribution in [0.15, 0.2) is 24.3 Å². The Hall–Kier alpha value is -1.06. The van der Waals surface area contributed by atoms with E-state index in [1.165, 1.54) is 0 Å². The quantitative estimate of drug-likeness (QED) is 0.705. The van der Waals surface area contributed by atoms with E-state index in [2.05, 4.69) is 0 Å². The number of rotatable bonds is 9. The Morgan fingerprint density at radius 2 is 2.11 bits per heavy atom. The fourth-order valence-corrected chi connectivity index (χ4v) is 1.92. The normalized spacial score (nSPS) is 12.2. The zero-order valence-corrected chi connectivity index (χ0v) is 12.0. The van der Waals surface area contributed by atoms with Gasteiger partial charge in [-0.3, -0.25) is 4.79 Å². The summed E-state index contributed by atoms with van der Waals surface area (Å²) in [5, 5.41) is 9.73. The summed E-state index contributed by atoms with van der Waals surface area (Å²) in [5.74, 6) is 0.962. The van der Waals surface area contributed by atoms with Crippen LogP contribution in [0, 0.1) is 0 Å². The molecular formula is C15H21ClO3. The molecule has 1 aromatic carbocycles. The van der Waals surface area contributed by atoms with Crippen molar-refractivity contribution in [2.75, 3.05) is 6.61 Å². The number of ketones is 1. The van der Waals surface area contributed by atoms with Gasteiger partial charge >= 0.3 is 0 Å². The Morgan fingerprint density at radius 1 is 1.37 bits per heavy atom. The second-order valence-corrected chi connectivity index (χ2v) is 5.13. The summed E-state index contributed by atoms with van der Waals surface area (Å²) in [4.78, 5) is 11.5. The van der Waals surface area contributed by atoms with Gasteiger partial charge in [0.15, 0.2) is 0 Å². The molecular weight excluding hydrogens is 264 g/mol. The highest BCUT2D eigenvalue weighted by Gasteiger charge is 2.04. The number of Topliss-reactive ketones (excluding diaryl/α,β-unsaturated/α-hetero) is 1. The lowest BCUT2D eigenvalue weighted by Gasteiger charge is -2.06. The Kier molecular flexibility index (Phi) is 7.53. The van der Waals surface area contributed by atoms with Crippen molar-refractivity contribution in [3.8, 4) is 5.75 Å². The molecule has 106 valence electrons. The van der Waals surface area contributed by atoms with Crippen molar-refractivity contribution in [2.45, 2.75) is 45.1 Å². The summed E-state index contributed by atoms with van der Waals surface area (Å²) in [6.45, 7) is 2.26. The van der Waals surface area contributed by atoms with Crippen LogP contribution in [0.5, 0.6) is 5.75 Å². The Morgan fingerprint density at radius 3 is 2.79 bits per heavy atom. The Bertz CT molecular complexity index is 391. The van der Waals surface area contributed by atoms with Crippen LogP contribution in [0.1, 0.15) is 39.0 Å². The summed E-state index contributed by atoms with van der Waals surface area (Å²) in [5.41, 5.74) is 0. The zero-order chi connectivity index (χ0) is 14.1. The number of carbonyl (C=O) groups excluding carboxylic acids is 1. The van der Waals surface area contributed by atoms with Crippen LogP contribution in [0.2, 0.25) is 5.02 Å². The summed E-state index contributed by atoms with van der Waals surface area (Å²) in [6, 6.07) is 7.22. The van der Waals surface area contributed by atoms with Gasteiger partial charge in [0.05, 0.1) is 12.7 Å². The summed E-state index contributed by atoms with van der Waals surface area (Å²) >= 11 is 5.84. The van der Waals surface area contributed by atoms with E-state index in [1.54, 1.807) is 19.1 Å². The average Bonchev–Trinajstić information content (AvgIpc) is 2.34. The van der Waals surface area contributed by atoms with Crippen LogP contribution in [0.25, 0.3) is 0 Å². The molecule has 0 aliphatic carbocycles. The van der Waals surface area contributed by atoms with Crippen LogP contribution < -0.4 is 4.74 Å². The molecule has 0 bridgehead atoms. The van der Waals surface area contributed by atoms with E-state index in [0.29, 0.717) is 37.3 Å². The lowest BCUT2D eigenvalue weighted by atomic mass is 10.1. The van der Waals surface area contributed by atoms with Crippen LogP contribution in [0.3, 0.4) is 0 Å². The van der Waals surface area contributed by atoms with Gasteiger partial charge in [0, 0.05) is 17.9 Å². The van der Waals surface area contributed by atoms with E-state index in [9.17, 15) is 4.79 Å². The molecule has 0 saturated carbocycles. The first-order chi connectivity index (χ1) is 9.08. The lowest BCUT2D eigenvalue weighted by molar-refractivity contribution is -0.119. The standard InChI is InChI=1S/C15H21ClO3/c1-12(17)5-2-7-14(18)8-4-10-19-15-9-3-6-13(16)11-15/h3,6,9,11-12,17H,2,4-5,7-8,10H2,1H3/t12-/m1/s1. The molecule has 0 radical (unpaired) electrons. The first-order valence-electron chi connectivity index (χ1n) is 6.66. The predicted octanol–water partition coefficient (Wildman–Crippen LogP) is 3.62. The first kappa shape index (κ1) is 16.0. The number of carbonyl (C=O) groups is 1. The van der Waals surface area contributed by atoms with Crippen LogP contribution in [-0.4, -0.2) is 23.6 Å². The topological polar surface area (TPSA) is 46.5 Å². The molecule has 0 spiro atoms. The highest BCUT2D eigenvalue weighted by molar-refractivity contribution is 6.30. The average molecular weight is 285 g/mol. The van der Waals surface area contributed by atoms with Crippen LogP contribution in [-0.2, 0) is 4.79 Å². The molecule has 0 saturated heterocycles. The van der Waals surface area contributed by atoms with E-state index < -0.39 is 0 Å². The Labute approximate surface area is 119 Å². The minimum atomic E-state index is -0.320. The van der Waals surface area contributed by atoms with E-state index in [1.807, 2.05) is 12.1 Å². The zero-order valence-electron chi connectivity index (χ0n) is 11.3. The van der Waals surface area contributed by atoms with Crippen LogP contribution in [0.4, 0.5) is 0 Å². The van der Waals surface area contributed by atoms with Crippen molar-refractivity contribution in [2.24, 2.45) is 0 Å². The van der Waals surface area contributed by atoms with Crippen molar-refractivity contribution in [1.82, 2.24) is 0 Å². The highest BCUT2D eigenvalue weighted by Crippen LogP contribution is 2.17. The van der Waals surface area contributed by atoms with Gasteiger partial charge in [-0.25, -0.2) is 0 Å². The summed E-state index contributed by atoms with van der Waals surface area (Å²) < 4.78 is 5.50.